The van der Waals surface area contributed by atoms with Crippen LogP contribution in [0.25, 0.3) is 22.2 Å². The number of aromatic hydroxyl groups is 1. The van der Waals surface area contributed by atoms with Gasteiger partial charge in [-0.3, -0.25) is 4.90 Å². The van der Waals surface area contributed by atoms with Gasteiger partial charge in [0, 0.05) is 17.0 Å². The smallest absolute Gasteiger partial charge is 0.268 e. The minimum atomic E-state index is 0.365. The second-order valence-electron chi connectivity index (χ2n) is 7.15. The van der Waals surface area contributed by atoms with Gasteiger partial charge in [-0.25, -0.2) is 0 Å². The highest BCUT2D eigenvalue weighted by Crippen LogP contribution is 2.34. The van der Waals surface area contributed by atoms with E-state index in [9.17, 15) is 5.11 Å². The molecule has 0 saturated heterocycles. The van der Waals surface area contributed by atoms with Crippen LogP contribution in [0, 0.1) is 13.8 Å². The molecule has 0 aliphatic heterocycles. The zero-order valence-corrected chi connectivity index (χ0v) is 18.2. The number of hydrogen-bond acceptors (Lipinski definition) is 6. The normalized spacial score (nSPS) is 11.5. The Bertz CT molecular complexity index is 941. The zero-order valence-electron chi connectivity index (χ0n) is 17.4. The molecule has 0 radical (unpaired) electrons. The average molecular weight is 400 g/mol. The summed E-state index contributed by atoms with van der Waals surface area (Å²) < 4.78 is 5.57. The van der Waals surface area contributed by atoms with E-state index in [1.165, 1.54) is 10.4 Å². The topological polar surface area (TPSA) is 62.4 Å². The number of hydrogen-bond donors (Lipinski definition) is 1. The van der Waals surface area contributed by atoms with E-state index in [-0.39, 0.29) is 0 Å². The molecule has 0 amide bonds. The highest BCUT2D eigenvalue weighted by molar-refractivity contribution is 7.15. The Hall–Kier alpha value is -2.18. The summed E-state index contributed by atoms with van der Waals surface area (Å²) in [6.45, 7) is 13.5. The van der Waals surface area contributed by atoms with Crippen molar-refractivity contribution in [2.75, 3.05) is 13.1 Å². The molecule has 0 atom stereocenters. The summed E-state index contributed by atoms with van der Waals surface area (Å²) in [6.07, 6.45) is 1.79. The molecular weight excluding hydrogens is 370 g/mol. The quantitative estimate of drug-likeness (QED) is 0.535. The van der Waals surface area contributed by atoms with Crippen molar-refractivity contribution in [1.82, 2.24) is 15.0 Å². The Kier molecular flexibility index (Phi) is 6.52. The van der Waals surface area contributed by atoms with Crippen LogP contribution < -0.4 is 0 Å². The van der Waals surface area contributed by atoms with E-state index in [2.05, 4.69) is 48.8 Å². The third kappa shape index (κ3) is 4.28. The summed E-state index contributed by atoms with van der Waals surface area (Å²) in [5, 5.41) is 14.5. The van der Waals surface area contributed by atoms with Crippen LogP contribution in [0.1, 0.15) is 48.8 Å². The molecule has 1 aromatic carbocycles. The van der Waals surface area contributed by atoms with Crippen molar-refractivity contribution in [3.8, 4) is 27.9 Å². The highest BCUT2D eigenvalue weighted by atomic mass is 32.1. The van der Waals surface area contributed by atoms with E-state index < -0.39 is 0 Å². The largest absolute Gasteiger partial charge is 0.507 e. The Morgan fingerprint density at radius 3 is 2.50 bits per heavy atom. The molecule has 0 spiro atoms. The first kappa shape index (κ1) is 20.6. The lowest BCUT2D eigenvalue weighted by atomic mass is 10.0. The Morgan fingerprint density at radius 2 is 1.82 bits per heavy atom. The second-order valence-corrected chi connectivity index (χ2v) is 8.29. The molecule has 0 unspecified atom stereocenters. The maximum absolute atomic E-state index is 10.3. The van der Waals surface area contributed by atoms with Gasteiger partial charge in [0.15, 0.2) is 0 Å². The molecule has 0 fully saturated rings. The molecule has 0 saturated carbocycles. The molecule has 28 heavy (non-hydrogen) atoms. The second kappa shape index (κ2) is 8.88. The van der Waals surface area contributed by atoms with Gasteiger partial charge in [-0.2, -0.15) is 4.98 Å². The van der Waals surface area contributed by atoms with Gasteiger partial charge < -0.3 is 9.63 Å². The van der Waals surface area contributed by atoms with E-state index in [1.54, 1.807) is 11.3 Å². The number of rotatable bonds is 8. The van der Waals surface area contributed by atoms with E-state index >= 15 is 0 Å². The number of thiophene rings is 1. The average Bonchev–Trinajstić information content (AvgIpc) is 3.30. The lowest BCUT2D eigenvalue weighted by molar-refractivity contribution is 0.298. The van der Waals surface area contributed by atoms with E-state index in [1.807, 2.05) is 19.1 Å². The SMILES string of the molecule is CCCc1cc(-c2noc(-c3cc(C)c(CN(CC)CC)s3)n2)cc(C)c1O. The minimum Gasteiger partial charge on any atom is -0.507 e. The third-order valence-corrected chi connectivity index (χ3v) is 6.29. The van der Waals surface area contributed by atoms with E-state index in [4.69, 9.17) is 4.52 Å². The van der Waals surface area contributed by atoms with Gasteiger partial charge in [-0.1, -0.05) is 32.3 Å². The van der Waals surface area contributed by atoms with Gasteiger partial charge in [-0.05, 0) is 68.2 Å². The number of aromatic nitrogens is 2. The van der Waals surface area contributed by atoms with Crippen molar-refractivity contribution in [3.05, 3.63) is 39.8 Å². The Labute approximate surface area is 171 Å². The maximum atomic E-state index is 10.3. The van der Waals surface area contributed by atoms with Gasteiger partial charge in [0.1, 0.15) is 5.75 Å². The molecular formula is C22H29N3O2S. The molecule has 0 aliphatic carbocycles. The van der Waals surface area contributed by atoms with Crippen molar-refractivity contribution in [1.29, 1.82) is 0 Å². The fourth-order valence-corrected chi connectivity index (χ4v) is 4.45. The van der Waals surface area contributed by atoms with Crippen molar-refractivity contribution in [3.63, 3.8) is 0 Å². The summed E-state index contributed by atoms with van der Waals surface area (Å²) in [4.78, 5) is 9.37. The Balaban J connectivity index is 1.89. The van der Waals surface area contributed by atoms with Crippen LogP contribution in [0.3, 0.4) is 0 Å². The minimum absolute atomic E-state index is 0.365. The monoisotopic (exact) mass is 399 g/mol. The fourth-order valence-electron chi connectivity index (χ4n) is 3.31. The van der Waals surface area contributed by atoms with Crippen LogP contribution in [-0.2, 0) is 13.0 Å². The number of aryl methyl sites for hydroxylation is 3. The van der Waals surface area contributed by atoms with Gasteiger partial charge in [-0.15, -0.1) is 11.3 Å². The van der Waals surface area contributed by atoms with Crippen LogP contribution in [0.2, 0.25) is 0 Å². The maximum Gasteiger partial charge on any atom is 0.268 e. The third-order valence-electron chi connectivity index (χ3n) is 5.08. The zero-order chi connectivity index (χ0) is 20.3. The van der Waals surface area contributed by atoms with Crippen LogP contribution >= 0.6 is 11.3 Å². The summed E-state index contributed by atoms with van der Waals surface area (Å²) in [5.74, 6) is 1.48. The number of phenols is 1. The summed E-state index contributed by atoms with van der Waals surface area (Å²) in [6, 6.07) is 6.01. The predicted molar refractivity (Wildman–Crippen MR) is 115 cm³/mol. The van der Waals surface area contributed by atoms with Crippen LogP contribution in [0.5, 0.6) is 5.75 Å². The lowest BCUT2D eigenvalue weighted by Crippen LogP contribution is -2.21. The van der Waals surface area contributed by atoms with Gasteiger partial charge in [0.05, 0.1) is 4.88 Å². The molecule has 2 heterocycles. The first-order valence-electron chi connectivity index (χ1n) is 9.95. The summed E-state index contributed by atoms with van der Waals surface area (Å²) >= 11 is 1.72. The number of benzene rings is 1. The van der Waals surface area contributed by atoms with E-state index in [0.717, 1.165) is 54.0 Å². The first-order chi connectivity index (χ1) is 13.5. The number of nitrogens with zero attached hydrogens (tertiary/aromatic N) is 3. The lowest BCUT2D eigenvalue weighted by Gasteiger charge is -2.17. The van der Waals surface area contributed by atoms with Crippen molar-refractivity contribution in [2.24, 2.45) is 0 Å². The molecule has 3 rings (SSSR count). The standard InChI is InChI=1S/C22H29N3O2S/c1-6-9-16-12-17(10-15(5)20(16)26)21-23-22(27-24-21)18-11-14(4)19(28-18)13-25(7-2)8-3/h10-12,26H,6-9,13H2,1-5H3. The van der Waals surface area contributed by atoms with Crippen molar-refractivity contribution in [2.45, 2.75) is 54.0 Å². The highest BCUT2D eigenvalue weighted by Gasteiger charge is 2.17. The summed E-state index contributed by atoms with van der Waals surface area (Å²) in [7, 11) is 0. The van der Waals surface area contributed by atoms with Crippen LogP contribution in [0.15, 0.2) is 22.7 Å². The molecule has 3 aromatic rings. The molecule has 2 aromatic heterocycles. The summed E-state index contributed by atoms with van der Waals surface area (Å²) in [5.41, 5.74) is 3.90. The molecule has 1 N–H and O–H groups in total. The fraction of sp³-hybridized carbons (Fsp3) is 0.455. The molecule has 0 aliphatic rings. The molecule has 5 nitrogen and oxygen atoms in total. The number of phenolic OH excluding ortho intramolecular Hbond substituents is 1. The van der Waals surface area contributed by atoms with Crippen LogP contribution in [-0.4, -0.2) is 33.2 Å². The van der Waals surface area contributed by atoms with Gasteiger partial charge in [0.2, 0.25) is 5.82 Å². The Morgan fingerprint density at radius 1 is 1.07 bits per heavy atom. The van der Waals surface area contributed by atoms with Gasteiger partial charge >= 0.3 is 0 Å². The molecule has 150 valence electrons. The first-order valence-corrected chi connectivity index (χ1v) is 10.8. The van der Waals surface area contributed by atoms with Crippen molar-refractivity contribution < 1.29 is 9.63 Å². The molecule has 0 bridgehead atoms. The van der Waals surface area contributed by atoms with Crippen LogP contribution in [0.4, 0.5) is 0 Å². The predicted octanol–water partition coefficient (Wildman–Crippen LogP) is 5.58. The van der Waals surface area contributed by atoms with Gasteiger partial charge in [0.25, 0.3) is 5.89 Å². The van der Waals surface area contributed by atoms with E-state index in [0.29, 0.717) is 17.5 Å². The molecule has 6 heteroatoms. The van der Waals surface area contributed by atoms with Crippen molar-refractivity contribution >= 4 is 11.3 Å².